The Morgan fingerprint density at radius 1 is 1.47 bits per heavy atom. The van der Waals surface area contributed by atoms with E-state index < -0.39 is 17.1 Å². The minimum absolute atomic E-state index is 0. The Balaban J connectivity index is 0. The second-order valence-electron chi connectivity index (χ2n) is 4.35. The fourth-order valence-corrected chi connectivity index (χ4v) is 0.515. The van der Waals surface area contributed by atoms with E-state index in [1.54, 1.807) is 20.8 Å². The molecule has 0 rings (SSSR count). The zero-order valence-corrected chi connectivity index (χ0v) is 10.5. The average Bonchev–Trinajstić information content (AvgIpc) is 1.97. The van der Waals surface area contributed by atoms with Gasteiger partial charge in [0.05, 0.1) is 0 Å². The Labute approximate surface area is 96.9 Å². The van der Waals surface area contributed by atoms with Crippen LogP contribution in [0.25, 0.3) is 0 Å². The van der Waals surface area contributed by atoms with Crippen LogP contribution in [-0.2, 0) is 9.53 Å². The first-order chi connectivity index (χ1) is 6.08. The van der Waals surface area contributed by atoms with Crippen LogP contribution in [-0.4, -0.2) is 28.8 Å². The van der Waals surface area contributed by atoms with Gasteiger partial charge in [-0.05, 0) is 27.7 Å². The molecule has 0 aromatic carbocycles. The molecular weight excluding hydrogens is 218 g/mol. The van der Waals surface area contributed by atoms with Crippen molar-refractivity contribution in [2.45, 2.75) is 38.8 Å². The number of aliphatic hydroxyl groups is 1. The molecule has 1 unspecified atom stereocenters. The molecule has 0 aliphatic heterocycles. The van der Waals surface area contributed by atoms with Gasteiger partial charge in [0, 0.05) is 11.1 Å². The van der Waals surface area contributed by atoms with Gasteiger partial charge in [0.25, 0.3) is 0 Å². The van der Waals surface area contributed by atoms with E-state index in [4.69, 9.17) is 10.5 Å². The highest BCUT2D eigenvalue weighted by Crippen LogP contribution is 2.19. The van der Waals surface area contributed by atoms with Crippen molar-refractivity contribution in [3.8, 4) is 0 Å². The van der Waals surface area contributed by atoms with Gasteiger partial charge >= 0.3 is 5.97 Å². The maximum absolute atomic E-state index is 11.0. The molecule has 0 aliphatic rings. The molecule has 0 aromatic heterocycles. The van der Waals surface area contributed by atoms with Gasteiger partial charge in [-0.15, -0.1) is 12.4 Å². The molecule has 0 amide bonds. The second-order valence-corrected chi connectivity index (χ2v) is 4.35. The van der Waals surface area contributed by atoms with Gasteiger partial charge in [0.15, 0.2) is 0 Å². The SMILES string of the molecule is C=C(C)C(=O)OCC(C)(O)C(C)(C)N.Cl. The molecule has 0 heterocycles. The Morgan fingerprint density at radius 3 is 2.13 bits per heavy atom. The molecule has 0 saturated heterocycles. The third-order valence-corrected chi connectivity index (χ3v) is 2.22. The summed E-state index contributed by atoms with van der Waals surface area (Å²) >= 11 is 0. The van der Waals surface area contributed by atoms with Crippen LogP contribution in [0.5, 0.6) is 0 Å². The van der Waals surface area contributed by atoms with Crippen molar-refractivity contribution in [2.75, 3.05) is 6.61 Å². The summed E-state index contributed by atoms with van der Waals surface area (Å²) in [7, 11) is 0. The average molecular weight is 238 g/mol. The van der Waals surface area contributed by atoms with Gasteiger partial charge in [-0.2, -0.15) is 0 Å². The molecule has 0 spiro atoms. The third-order valence-electron chi connectivity index (χ3n) is 2.22. The minimum atomic E-state index is -1.25. The van der Waals surface area contributed by atoms with Gasteiger partial charge in [-0.1, -0.05) is 6.58 Å². The lowest BCUT2D eigenvalue weighted by molar-refractivity contribution is -0.149. The van der Waals surface area contributed by atoms with Gasteiger partial charge < -0.3 is 15.6 Å². The van der Waals surface area contributed by atoms with Gasteiger partial charge in [-0.3, -0.25) is 0 Å². The molecule has 90 valence electrons. The summed E-state index contributed by atoms with van der Waals surface area (Å²) in [5.74, 6) is -0.519. The van der Waals surface area contributed by atoms with Crippen molar-refractivity contribution in [3.63, 3.8) is 0 Å². The molecule has 15 heavy (non-hydrogen) atoms. The second kappa shape index (κ2) is 5.49. The predicted octanol–water partition coefficient (Wildman–Crippen LogP) is 1.02. The van der Waals surface area contributed by atoms with E-state index in [1.165, 1.54) is 6.92 Å². The van der Waals surface area contributed by atoms with E-state index in [9.17, 15) is 9.90 Å². The highest BCUT2D eigenvalue weighted by molar-refractivity contribution is 5.86. The number of carbonyl (C=O) groups is 1. The monoisotopic (exact) mass is 237 g/mol. The number of nitrogens with two attached hydrogens (primary N) is 1. The number of rotatable bonds is 4. The molecule has 1 atom stereocenters. The summed E-state index contributed by atoms with van der Waals surface area (Å²) in [6.45, 7) is 9.70. The third kappa shape index (κ3) is 5.16. The number of halogens is 1. The lowest BCUT2D eigenvalue weighted by Gasteiger charge is -2.36. The zero-order valence-electron chi connectivity index (χ0n) is 9.66. The Morgan fingerprint density at radius 2 is 1.87 bits per heavy atom. The normalized spacial score (nSPS) is 14.8. The largest absolute Gasteiger partial charge is 0.459 e. The van der Waals surface area contributed by atoms with E-state index in [1.807, 2.05) is 0 Å². The fourth-order valence-electron chi connectivity index (χ4n) is 0.515. The van der Waals surface area contributed by atoms with Gasteiger partial charge in [0.1, 0.15) is 12.2 Å². The van der Waals surface area contributed by atoms with Crippen LogP contribution in [0.2, 0.25) is 0 Å². The van der Waals surface area contributed by atoms with Crippen molar-refractivity contribution in [1.82, 2.24) is 0 Å². The zero-order chi connectivity index (χ0) is 11.6. The molecular formula is C10H20ClNO3. The van der Waals surface area contributed by atoms with Crippen LogP contribution in [0.15, 0.2) is 12.2 Å². The van der Waals surface area contributed by atoms with E-state index in [-0.39, 0.29) is 19.0 Å². The lowest BCUT2D eigenvalue weighted by atomic mass is 9.86. The van der Waals surface area contributed by atoms with Crippen LogP contribution in [0.4, 0.5) is 0 Å². The highest BCUT2D eigenvalue weighted by Gasteiger charge is 2.37. The molecule has 4 nitrogen and oxygen atoms in total. The van der Waals surface area contributed by atoms with Crippen LogP contribution in [0.1, 0.15) is 27.7 Å². The molecule has 0 aliphatic carbocycles. The maximum Gasteiger partial charge on any atom is 0.333 e. The Kier molecular flexibility index (Phi) is 6.16. The molecule has 0 bridgehead atoms. The van der Waals surface area contributed by atoms with Crippen molar-refractivity contribution in [3.05, 3.63) is 12.2 Å². The summed E-state index contributed by atoms with van der Waals surface area (Å²) in [4.78, 5) is 11.0. The summed E-state index contributed by atoms with van der Waals surface area (Å²) in [5, 5.41) is 9.85. The quantitative estimate of drug-likeness (QED) is 0.566. The molecule has 0 saturated carbocycles. The molecule has 5 heteroatoms. The topological polar surface area (TPSA) is 72.5 Å². The van der Waals surface area contributed by atoms with Crippen molar-refractivity contribution < 1.29 is 14.6 Å². The number of ether oxygens (including phenoxy) is 1. The fraction of sp³-hybridized carbons (Fsp3) is 0.700. The van der Waals surface area contributed by atoms with Crippen LogP contribution < -0.4 is 5.73 Å². The summed E-state index contributed by atoms with van der Waals surface area (Å²) in [6, 6.07) is 0. The van der Waals surface area contributed by atoms with Crippen LogP contribution in [0, 0.1) is 0 Å². The number of hydrogen-bond acceptors (Lipinski definition) is 4. The Bertz CT molecular complexity index is 244. The number of hydrogen-bond donors (Lipinski definition) is 2. The summed E-state index contributed by atoms with van der Waals surface area (Å²) in [5.41, 5.74) is 3.93. The smallest absolute Gasteiger partial charge is 0.333 e. The van der Waals surface area contributed by atoms with Gasteiger partial charge in [0.2, 0.25) is 0 Å². The first kappa shape index (κ1) is 16.8. The van der Waals surface area contributed by atoms with Crippen molar-refractivity contribution in [2.24, 2.45) is 5.73 Å². The van der Waals surface area contributed by atoms with Crippen molar-refractivity contribution >= 4 is 18.4 Å². The van der Waals surface area contributed by atoms with E-state index in [0.29, 0.717) is 5.57 Å². The molecule has 3 N–H and O–H groups in total. The highest BCUT2D eigenvalue weighted by atomic mass is 35.5. The van der Waals surface area contributed by atoms with E-state index >= 15 is 0 Å². The van der Waals surface area contributed by atoms with E-state index in [2.05, 4.69) is 6.58 Å². The number of esters is 1. The number of carbonyl (C=O) groups excluding carboxylic acids is 1. The van der Waals surface area contributed by atoms with Gasteiger partial charge in [-0.25, -0.2) is 4.79 Å². The lowest BCUT2D eigenvalue weighted by Crippen LogP contribution is -2.57. The van der Waals surface area contributed by atoms with Crippen LogP contribution in [0.3, 0.4) is 0 Å². The summed E-state index contributed by atoms with van der Waals surface area (Å²) < 4.78 is 4.83. The molecule has 0 radical (unpaired) electrons. The molecule has 0 aromatic rings. The van der Waals surface area contributed by atoms with E-state index in [0.717, 1.165) is 0 Å². The predicted molar refractivity (Wildman–Crippen MR) is 61.9 cm³/mol. The first-order valence-corrected chi connectivity index (χ1v) is 4.42. The summed E-state index contributed by atoms with van der Waals surface area (Å²) in [6.07, 6.45) is 0. The molecule has 0 fully saturated rings. The standard InChI is InChI=1S/C10H19NO3.ClH/c1-7(2)8(12)14-6-10(5,13)9(3,4)11;/h13H,1,6,11H2,2-5H3;1H. The van der Waals surface area contributed by atoms with Crippen molar-refractivity contribution in [1.29, 1.82) is 0 Å². The Hall–Kier alpha value is -0.580. The minimum Gasteiger partial charge on any atom is -0.459 e. The van der Waals surface area contributed by atoms with Crippen LogP contribution >= 0.6 is 12.4 Å². The maximum atomic E-state index is 11.0. The first-order valence-electron chi connectivity index (χ1n) is 4.42.